The van der Waals surface area contributed by atoms with E-state index >= 15 is 0 Å². The van der Waals surface area contributed by atoms with Crippen LogP contribution in [-0.4, -0.2) is 35.9 Å². The summed E-state index contributed by atoms with van der Waals surface area (Å²) in [6, 6.07) is 7.01. The van der Waals surface area contributed by atoms with E-state index in [2.05, 4.69) is 20.7 Å². The number of nitrogens with zero attached hydrogens (tertiary/aromatic N) is 3. The van der Waals surface area contributed by atoms with Crippen LogP contribution in [0.3, 0.4) is 0 Å². The number of hydrogen-bond acceptors (Lipinski definition) is 3. The summed E-state index contributed by atoms with van der Waals surface area (Å²) in [6.45, 7) is 0.894. The largest absolute Gasteiger partial charge is 0.491 e. The van der Waals surface area contributed by atoms with Crippen molar-refractivity contribution < 1.29 is 17.9 Å². The van der Waals surface area contributed by atoms with Crippen molar-refractivity contribution in [1.82, 2.24) is 20.4 Å². The van der Waals surface area contributed by atoms with Crippen LogP contribution < -0.4 is 15.4 Å². The van der Waals surface area contributed by atoms with Crippen LogP contribution in [0.2, 0.25) is 0 Å². The zero-order chi connectivity index (χ0) is 18.3. The first-order valence-corrected chi connectivity index (χ1v) is 7.62. The summed E-state index contributed by atoms with van der Waals surface area (Å²) in [4.78, 5) is 4.05. The van der Waals surface area contributed by atoms with Crippen molar-refractivity contribution in [1.29, 1.82) is 0 Å². The van der Waals surface area contributed by atoms with Gasteiger partial charge in [-0.25, -0.2) is 0 Å². The lowest BCUT2D eigenvalue weighted by molar-refractivity contribution is -0.138. The Bertz CT molecular complexity index is 712. The highest BCUT2D eigenvalue weighted by Crippen LogP contribution is 2.35. The Hall–Kier alpha value is -2.71. The molecule has 0 aliphatic heterocycles. The molecule has 1 aromatic carbocycles. The maximum atomic E-state index is 12.9. The van der Waals surface area contributed by atoms with E-state index in [4.69, 9.17) is 4.74 Å². The van der Waals surface area contributed by atoms with Crippen LogP contribution in [0.4, 0.5) is 13.2 Å². The van der Waals surface area contributed by atoms with E-state index in [0.29, 0.717) is 19.0 Å². The van der Waals surface area contributed by atoms with Gasteiger partial charge in [-0.15, -0.1) is 0 Å². The molecule has 25 heavy (non-hydrogen) atoms. The topological polar surface area (TPSA) is 63.5 Å². The van der Waals surface area contributed by atoms with E-state index in [9.17, 15) is 13.2 Å². The number of alkyl halides is 3. The van der Waals surface area contributed by atoms with E-state index in [1.807, 2.05) is 13.1 Å². The highest BCUT2D eigenvalue weighted by atomic mass is 19.4. The molecule has 136 valence electrons. The van der Waals surface area contributed by atoms with E-state index in [-0.39, 0.29) is 12.4 Å². The lowest BCUT2D eigenvalue weighted by atomic mass is 10.2. The summed E-state index contributed by atoms with van der Waals surface area (Å²) in [5.74, 6) is 0.337. The molecule has 2 N–H and O–H groups in total. The molecule has 0 spiro atoms. The van der Waals surface area contributed by atoms with Crippen molar-refractivity contribution in [2.45, 2.75) is 12.7 Å². The molecule has 0 atom stereocenters. The molecular formula is C16H20F3N5O. The third-order valence-electron chi connectivity index (χ3n) is 3.43. The number of hydrogen-bond donors (Lipinski definition) is 2. The van der Waals surface area contributed by atoms with E-state index < -0.39 is 11.7 Å². The van der Waals surface area contributed by atoms with Crippen LogP contribution in [0.5, 0.6) is 5.75 Å². The average Bonchev–Trinajstić information content (AvgIpc) is 2.99. The zero-order valence-corrected chi connectivity index (χ0v) is 14.0. The smallest absolute Gasteiger partial charge is 0.419 e. The average molecular weight is 355 g/mol. The molecule has 0 aliphatic rings. The Morgan fingerprint density at radius 1 is 1.24 bits per heavy atom. The molecule has 0 radical (unpaired) electrons. The normalized spacial score (nSPS) is 12.1. The molecule has 0 saturated heterocycles. The second-order valence-corrected chi connectivity index (χ2v) is 5.14. The van der Waals surface area contributed by atoms with Gasteiger partial charge in [0, 0.05) is 20.3 Å². The molecule has 9 heteroatoms. The van der Waals surface area contributed by atoms with Crippen molar-refractivity contribution in [3.8, 4) is 5.75 Å². The number of aryl methyl sites for hydroxylation is 1. The molecule has 1 aromatic heterocycles. The lowest BCUT2D eigenvalue weighted by Gasteiger charge is -2.15. The Balaban J connectivity index is 1.79. The molecule has 0 aliphatic carbocycles. The number of ether oxygens (including phenoxy) is 1. The van der Waals surface area contributed by atoms with Gasteiger partial charge in [0.15, 0.2) is 5.96 Å². The molecule has 0 unspecified atom stereocenters. The summed E-state index contributed by atoms with van der Waals surface area (Å²) in [5.41, 5.74) is 0.187. The molecule has 0 amide bonds. The third-order valence-corrected chi connectivity index (χ3v) is 3.43. The number of halogens is 3. The zero-order valence-electron chi connectivity index (χ0n) is 14.0. The van der Waals surface area contributed by atoms with E-state index in [1.165, 1.54) is 18.2 Å². The number of nitrogens with one attached hydrogen (secondary N) is 2. The summed E-state index contributed by atoms with van der Waals surface area (Å²) in [5, 5.41) is 10.1. The van der Waals surface area contributed by atoms with Gasteiger partial charge in [-0.3, -0.25) is 9.67 Å². The van der Waals surface area contributed by atoms with Gasteiger partial charge in [0.2, 0.25) is 0 Å². The maximum absolute atomic E-state index is 12.9. The number of benzene rings is 1. The number of guanidine groups is 1. The molecule has 0 fully saturated rings. The predicted octanol–water partition coefficient (Wildman–Crippen LogP) is 2.18. The number of para-hydroxylation sites is 1. The van der Waals surface area contributed by atoms with Gasteiger partial charge in [-0.2, -0.15) is 18.3 Å². The minimum Gasteiger partial charge on any atom is -0.491 e. The van der Waals surface area contributed by atoms with Crippen LogP contribution in [0.15, 0.2) is 41.5 Å². The van der Waals surface area contributed by atoms with Crippen LogP contribution in [-0.2, 0) is 19.8 Å². The summed E-state index contributed by atoms with van der Waals surface area (Å²) in [6.07, 6.45) is -2.75. The molecular weight excluding hydrogens is 335 g/mol. The Labute approximate surface area is 143 Å². The van der Waals surface area contributed by atoms with Crippen LogP contribution >= 0.6 is 0 Å². The van der Waals surface area contributed by atoms with Crippen LogP contribution in [0.1, 0.15) is 11.3 Å². The second-order valence-electron chi connectivity index (χ2n) is 5.14. The molecule has 0 bridgehead atoms. The van der Waals surface area contributed by atoms with Gasteiger partial charge in [-0.1, -0.05) is 12.1 Å². The van der Waals surface area contributed by atoms with Crippen LogP contribution in [0.25, 0.3) is 0 Å². The lowest BCUT2D eigenvalue weighted by Crippen LogP contribution is -2.39. The minimum atomic E-state index is -4.44. The first-order chi connectivity index (χ1) is 11.9. The molecule has 0 saturated carbocycles. The Morgan fingerprint density at radius 3 is 2.64 bits per heavy atom. The van der Waals surface area contributed by atoms with Crippen LogP contribution in [0, 0.1) is 0 Å². The molecule has 6 nitrogen and oxygen atoms in total. The fourth-order valence-electron chi connectivity index (χ4n) is 2.13. The van der Waals surface area contributed by atoms with Gasteiger partial charge in [-0.05, 0) is 18.2 Å². The monoisotopic (exact) mass is 355 g/mol. The van der Waals surface area contributed by atoms with Gasteiger partial charge in [0.1, 0.15) is 12.4 Å². The van der Waals surface area contributed by atoms with E-state index in [0.717, 1.165) is 11.8 Å². The third kappa shape index (κ3) is 5.40. The number of rotatable bonds is 6. The first-order valence-electron chi connectivity index (χ1n) is 7.62. The van der Waals surface area contributed by atoms with E-state index in [1.54, 1.807) is 17.9 Å². The van der Waals surface area contributed by atoms with Crippen molar-refractivity contribution in [2.24, 2.45) is 12.0 Å². The predicted molar refractivity (Wildman–Crippen MR) is 88.3 cm³/mol. The highest BCUT2D eigenvalue weighted by Gasteiger charge is 2.33. The van der Waals surface area contributed by atoms with Gasteiger partial charge < -0.3 is 15.4 Å². The minimum absolute atomic E-state index is 0.0690. The standard InChI is InChI=1S/C16H20F3N5O/c1-20-15(22-11-12-7-8-23-24(12)2)21-9-10-25-14-6-4-3-5-13(14)16(17,18)19/h3-8H,9-11H2,1-2H3,(H2,20,21,22). The fraction of sp³-hybridized carbons (Fsp3) is 0.375. The Morgan fingerprint density at radius 2 is 2.00 bits per heavy atom. The highest BCUT2D eigenvalue weighted by molar-refractivity contribution is 5.79. The maximum Gasteiger partial charge on any atom is 0.419 e. The summed E-state index contributed by atoms with van der Waals surface area (Å²) in [7, 11) is 3.44. The molecule has 2 rings (SSSR count). The van der Waals surface area contributed by atoms with Gasteiger partial charge in [0.05, 0.1) is 24.3 Å². The number of aromatic nitrogens is 2. The van der Waals surface area contributed by atoms with Crippen molar-refractivity contribution in [3.05, 3.63) is 47.8 Å². The van der Waals surface area contributed by atoms with Gasteiger partial charge >= 0.3 is 6.18 Å². The SMILES string of the molecule is CN=C(NCCOc1ccccc1C(F)(F)F)NCc1ccnn1C. The van der Waals surface area contributed by atoms with Crippen molar-refractivity contribution >= 4 is 5.96 Å². The number of aliphatic imine (C=N–C) groups is 1. The van der Waals surface area contributed by atoms with Crippen molar-refractivity contribution in [2.75, 3.05) is 20.2 Å². The Kier molecular flexibility index (Phi) is 6.26. The quantitative estimate of drug-likeness (QED) is 0.474. The molecule has 1 heterocycles. The summed E-state index contributed by atoms with van der Waals surface area (Å²) < 4.78 is 45.6. The second kappa shape index (κ2) is 8.41. The molecule has 2 aromatic rings. The van der Waals surface area contributed by atoms with Crippen molar-refractivity contribution in [3.63, 3.8) is 0 Å². The first kappa shape index (κ1) is 18.6. The summed E-state index contributed by atoms with van der Waals surface area (Å²) >= 11 is 0. The fourth-order valence-corrected chi connectivity index (χ4v) is 2.13. The van der Waals surface area contributed by atoms with Gasteiger partial charge in [0.25, 0.3) is 0 Å².